The molecule has 1 saturated heterocycles. The molecule has 0 radical (unpaired) electrons. The van der Waals surface area contributed by atoms with Crippen molar-refractivity contribution in [2.75, 3.05) is 33.9 Å². The highest BCUT2D eigenvalue weighted by atomic mass is 32.2. The third-order valence-electron chi connectivity index (χ3n) is 3.56. The number of hydrogen-bond donors (Lipinski definition) is 2. The summed E-state index contributed by atoms with van der Waals surface area (Å²) in [5.41, 5.74) is -0.690. The van der Waals surface area contributed by atoms with Crippen molar-refractivity contribution in [2.45, 2.75) is 16.9 Å². The number of ether oxygens (including phenoxy) is 1. The lowest BCUT2D eigenvalue weighted by atomic mass is 10.0. The molecule has 0 bridgehead atoms. The van der Waals surface area contributed by atoms with Crippen LogP contribution in [0.25, 0.3) is 0 Å². The summed E-state index contributed by atoms with van der Waals surface area (Å²) < 4.78 is 30.1. The van der Waals surface area contributed by atoms with Crippen LogP contribution in [0.15, 0.2) is 29.2 Å². The Morgan fingerprint density at radius 3 is 2.50 bits per heavy atom. The molecule has 1 heterocycles. The van der Waals surface area contributed by atoms with Gasteiger partial charge in [-0.2, -0.15) is 0 Å². The quantitative estimate of drug-likeness (QED) is 0.781. The van der Waals surface area contributed by atoms with Gasteiger partial charge in [0.25, 0.3) is 5.91 Å². The van der Waals surface area contributed by atoms with Crippen LogP contribution in [0.3, 0.4) is 0 Å². The topological polar surface area (TPSA) is 95.9 Å². The monoisotopic (exact) mass is 328 g/mol. The first-order valence-corrected chi connectivity index (χ1v) is 8.30. The fourth-order valence-corrected chi connectivity index (χ4v) is 2.97. The van der Waals surface area contributed by atoms with Crippen molar-refractivity contribution in [2.24, 2.45) is 0 Å². The number of nitrogens with zero attached hydrogens (tertiary/aromatic N) is 1. The number of amides is 1. The number of carbonyl (C=O) groups excluding carboxylic acids is 1. The molecule has 0 saturated carbocycles. The Balaban J connectivity index is 2.02. The van der Waals surface area contributed by atoms with Crippen molar-refractivity contribution >= 4 is 15.9 Å². The maximum Gasteiger partial charge on any atom is 0.251 e. The van der Waals surface area contributed by atoms with Gasteiger partial charge in [-0.05, 0) is 24.3 Å². The Labute approximate surface area is 129 Å². The average Bonchev–Trinajstić information content (AvgIpc) is 2.92. The van der Waals surface area contributed by atoms with Crippen molar-refractivity contribution in [1.82, 2.24) is 9.62 Å². The van der Waals surface area contributed by atoms with E-state index in [9.17, 15) is 18.3 Å². The molecule has 1 aromatic rings. The summed E-state index contributed by atoms with van der Waals surface area (Å²) in [4.78, 5) is 12.1. The van der Waals surface area contributed by atoms with Crippen LogP contribution in [0, 0.1) is 0 Å². The van der Waals surface area contributed by atoms with Gasteiger partial charge in [-0.3, -0.25) is 4.79 Å². The second kappa shape index (κ2) is 6.33. The van der Waals surface area contributed by atoms with E-state index in [4.69, 9.17) is 4.74 Å². The molecule has 1 fully saturated rings. The van der Waals surface area contributed by atoms with Gasteiger partial charge < -0.3 is 15.2 Å². The van der Waals surface area contributed by atoms with Crippen LogP contribution in [-0.2, 0) is 14.8 Å². The summed E-state index contributed by atoms with van der Waals surface area (Å²) in [5, 5.41) is 12.7. The highest BCUT2D eigenvalue weighted by Crippen LogP contribution is 2.17. The SMILES string of the molecule is CN(C)S(=O)(=O)c1ccc(C(=O)NCC2(O)CCOC2)cc1. The summed E-state index contributed by atoms with van der Waals surface area (Å²) in [7, 11) is -0.620. The van der Waals surface area contributed by atoms with Gasteiger partial charge in [-0.15, -0.1) is 0 Å². The lowest BCUT2D eigenvalue weighted by Crippen LogP contribution is -2.43. The molecule has 1 aliphatic heterocycles. The average molecular weight is 328 g/mol. The molecule has 0 aromatic heterocycles. The molecule has 8 heteroatoms. The summed E-state index contributed by atoms with van der Waals surface area (Å²) in [5.74, 6) is -0.367. The first-order chi connectivity index (χ1) is 10.2. The molecule has 1 aliphatic rings. The summed E-state index contributed by atoms with van der Waals surface area (Å²) in [6, 6.07) is 5.66. The Hall–Kier alpha value is -1.48. The highest BCUT2D eigenvalue weighted by Gasteiger charge is 2.32. The van der Waals surface area contributed by atoms with Gasteiger partial charge in [0.15, 0.2) is 0 Å². The van der Waals surface area contributed by atoms with Gasteiger partial charge in [0.05, 0.1) is 11.5 Å². The van der Waals surface area contributed by atoms with Crippen LogP contribution in [0.5, 0.6) is 0 Å². The summed E-state index contributed by atoms with van der Waals surface area (Å²) in [6.07, 6.45) is 0.479. The fourth-order valence-electron chi connectivity index (χ4n) is 2.07. The number of rotatable bonds is 5. The molecule has 7 nitrogen and oxygen atoms in total. The van der Waals surface area contributed by atoms with Gasteiger partial charge >= 0.3 is 0 Å². The smallest absolute Gasteiger partial charge is 0.251 e. The standard InChI is InChI=1S/C14H20N2O5S/c1-16(2)22(19,20)12-5-3-11(4-6-12)13(17)15-9-14(18)7-8-21-10-14/h3-6,18H,7-10H2,1-2H3,(H,15,17). The molecule has 1 atom stereocenters. The van der Waals surface area contributed by atoms with E-state index in [-0.39, 0.29) is 24.0 Å². The molecule has 1 unspecified atom stereocenters. The number of nitrogens with one attached hydrogen (secondary N) is 1. The first-order valence-electron chi connectivity index (χ1n) is 6.86. The molecule has 1 aromatic carbocycles. The number of aliphatic hydroxyl groups is 1. The van der Waals surface area contributed by atoms with Gasteiger partial charge in [-0.25, -0.2) is 12.7 Å². The van der Waals surface area contributed by atoms with Gasteiger partial charge in [0.2, 0.25) is 10.0 Å². The first kappa shape index (κ1) is 16.9. The van der Waals surface area contributed by atoms with E-state index in [2.05, 4.69) is 5.32 Å². The fraction of sp³-hybridized carbons (Fsp3) is 0.500. The number of benzene rings is 1. The Morgan fingerprint density at radius 2 is 2.00 bits per heavy atom. The Bertz CT molecular complexity index is 634. The lowest BCUT2D eigenvalue weighted by Gasteiger charge is -2.20. The number of carbonyl (C=O) groups is 1. The van der Waals surface area contributed by atoms with Crippen molar-refractivity contribution in [3.8, 4) is 0 Å². The number of sulfonamides is 1. The second-order valence-corrected chi connectivity index (χ2v) is 7.67. The summed E-state index contributed by atoms with van der Waals surface area (Å²) >= 11 is 0. The van der Waals surface area contributed by atoms with Crippen LogP contribution in [0.1, 0.15) is 16.8 Å². The third-order valence-corrected chi connectivity index (χ3v) is 5.38. The molecule has 0 aliphatic carbocycles. The van der Waals surface area contributed by atoms with E-state index in [1.54, 1.807) is 0 Å². The highest BCUT2D eigenvalue weighted by molar-refractivity contribution is 7.89. The molecule has 1 amide bonds. The zero-order chi connectivity index (χ0) is 16.4. The van der Waals surface area contributed by atoms with Crippen LogP contribution in [-0.4, -0.2) is 63.2 Å². The minimum absolute atomic E-state index is 0.101. The van der Waals surface area contributed by atoms with Crippen LogP contribution < -0.4 is 5.32 Å². The van der Waals surface area contributed by atoms with Crippen molar-refractivity contribution < 1.29 is 23.1 Å². The van der Waals surface area contributed by atoms with E-state index >= 15 is 0 Å². The second-order valence-electron chi connectivity index (χ2n) is 5.52. The zero-order valence-electron chi connectivity index (χ0n) is 12.6. The maximum atomic E-state index is 12.0. The largest absolute Gasteiger partial charge is 0.386 e. The van der Waals surface area contributed by atoms with Crippen molar-refractivity contribution in [3.63, 3.8) is 0 Å². The Morgan fingerprint density at radius 1 is 1.36 bits per heavy atom. The molecule has 2 N–H and O–H groups in total. The van der Waals surface area contributed by atoms with E-state index < -0.39 is 15.6 Å². The van der Waals surface area contributed by atoms with E-state index in [0.717, 1.165) is 4.31 Å². The summed E-state index contributed by atoms with van der Waals surface area (Å²) in [6.45, 7) is 0.778. The predicted octanol–water partition coefficient (Wildman–Crippen LogP) is -0.182. The maximum absolute atomic E-state index is 12.0. The third kappa shape index (κ3) is 3.64. The van der Waals surface area contributed by atoms with Crippen LogP contribution in [0.2, 0.25) is 0 Å². The predicted molar refractivity (Wildman–Crippen MR) is 80.0 cm³/mol. The van der Waals surface area contributed by atoms with Gasteiger partial charge in [-0.1, -0.05) is 0 Å². The van der Waals surface area contributed by atoms with Crippen LogP contribution in [0.4, 0.5) is 0 Å². The van der Waals surface area contributed by atoms with E-state index in [1.807, 2.05) is 0 Å². The molecule has 2 rings (SSSR count). The minimum atomic E-state index is -3.51. The normalized spacial score (nSPS) is 22.0. The Kier molecular flexibility index (Phi) is 4.86. The van der Waals surface area contributed by atoms with Crippen LogP contribution >= 0.6 is 0 Å². The van der Waals surface area contributed by atoms with Crippen molar-refractivity contribution in [1.29, 1.82) is 0 Å². The van der Waals surface area contributed by atoms with E-state index in [1.165, 1.54) is 38.4 Å². The van der Waals surface area contributed by atoms with Gasteiger partial charge in [0, 0.05) is 39.2 Å². The molecular formula is C14H20N2O5S. The lowest BCUT2D eigenvalue weighted by molar-refractivity contribution is 0.0264. The molecule has 122 valence electrons. The van der Waals surface area contributed by atoms with E-state index in [0.29, 0.717) is 18.6 Å². The van der Waals surface area contributed by atoms with Gasteiger partial charge in [0.1, 0.15) is 5.60 Å². The molecular weight excluding hydrogens is 308 g/mol. The minimum Gasteiger partial charge on any atom is -0.386 e. The number of hydrogen-bond acceptors (Lipinski definition) is 5. The zero-order valence-corrected chi connectivity index (χ0v) is 13.4. The molecule has 22 heavy (non-hydrogen) atoms. The molecule has 0 spiro atoms. The van der Waals surface area contributed by atoms with Crippen molar-refractivity contribution in [3.05, 3.63) is 29.8 Å².